The van der Waals surface area contributed by atoms with Gasteiger partial charge in [-0.3, -0.25) is 0 Å². The lowest BCUT2D eigenvalue weighted by molar-refractivity contribution is -0.173. The van der Waals surface area contributed by atoms with Crippen molar-refractivity contribution in [3.8, 4) is 0 Å². The number of hydrogen-bond donors (Lipinski definition) is 2. The summed E-state index contributed by atoms with van der Waals surface area (Å²) in [6.07, 6.45) is 0.909. The number of ether oxygens (including phenoxy) is 2. The molecule has 1 saturated heterocycles. The normalized spacial score (nSPS) is 30.9. The number of aliphatic hydroxyl groups is 1. The maximum Gasteiger partial charge on any atom is 0.110 e. The Morgan fingerprint density at radius 2 is 1.42 bits per heavy atom. The van der Waals surface area contributed by atoms with Crippen molar-refractivity contribution in [1.82, 2.24) is 5.32 Å². The van der Waals surface area contributed by atoms with E-state index in [4.69, 9.17) is 9.47 Å². The molecule has 5 atom stereocenters. The standard InChI is InChI=1S/C22H27NO3/c24-20-13-19-18(11-12-23-19)21(25-14-16-7-3-1-4-8-16)22(20)26-15-17-9-5-2-6-10-17/h1-10,18-24H,11-15H2/t18-,19+,20-,21+,22-/m1/s1. The highest BCUT2D eigenvalue weighted by atomic mass is 16.5. The van der Waals surface area contributed by atoms with Gasteiger partial charge in [-0.2, -0.15) is 0 Å². The summed E-state index contributed by atoms with van der Waals surface area (Å²) in [5.74, 6) is 0.392. The topological polar surface area (TPSA) is 50.7 Å². The van der Waals surface area contributed by atoms with Gasteiger partial charge in [-0.1, -0.05) is 60.7 Å². The van der Waals surface area contributed by atoms with E-state index >= 15 is 0 Å². The Kier molecular flexibility index (Phi) is 5.65. The Bertz CT molecular complexity index is 678. The average Bonchev–Trinajstić information content (AvgIpc) is 3.14. The molecule has 2 fully saturated rings. The van der Waals surface area contributed by atoms with Gasteiger partial charge < -0.3 is 19.9 Å². The van der Waals surface area contributed by atoms with Crippen LogP contribution in [0.25, 0.3) is 0 Å². The van der Waals surface area contributed by atoms with Crippen molar-refractivity contribution in [1.29, 1.82) is 0 Å². The molecule has 2 aliphatic rings. The molecule has 138 valence electrons. The Morgan fingerprint density at radius 3 is 2.04 bits per heavy atom. The number of hydrogen-bond acceptors (Lipinski definition) is 4. The molecule has 1 aliphatic carbocycles. The van der Waals surface area contributed by atoms with Gasteiger partial charge in [0.15, 0.2) is 0 Å². The molecule has 0 aromatic heterocycles. The molecule has 0 spiro atoms. The zero-order chi connectivity index (χ0) is 17.8. The summed E-state index contributed by atoms with van der Waals surface area (Å²) in [7, 11) is 0. The van der Waals surface area contributed by atoms with E-state index in [1.807, 2.05) is 36.4 Å². The van der Waals surface area contributed by atoms with Crippen LogP contribution in [0.4, 0.5) is 0 Å². The van der Waals surface area contributed by atoms with Crippen molar-refractivity contribution in [2.45, 2.75) is 50.4 Å². The van der Waals surface area contributed by atoms with Crippen molar-refractivity contribution in [2.75, 3.05) is 6.54 Å². The van der Waals surface area contributed by atoms with E-state index in [0.717, 1.165) is 30.5 Å². The van der Waals surface area contributed by atoms with Crippen LogP contribution in [0, 0.1) is 5.92 Å². The summed E-state index contributed by atoms with van der Waals surface area (Å²) in [6, 6.07) is 20.7. The van der Waals surface area contributed by atoms with Gasteiger partial charge in [-0.15, -0.1) is 0 Å². The fourth-order valence-corrected chi connectivity index (χ4v) is 4.25. The molecule has 0 bridgehead atoms. The van der Waals surface area contributed by atoms with Crippen LogP contribution in [0.3, 0.4) is 0 Å². The van der Waals surface area contributed by atoms with Gasteiger partial charge in [0.1, 0.15) is 6.10 Å². The third-order valence-corrected chi connectivity index (χ3v) is 5.59. The molecule has 4 heteroatoms. The van der Waals surface area contributed by atoms with E-state index in [-0.39, 0.29) is 12.2 Å². The molecule has 2 N–H and O–H groups in total. The van der Waals surface area contributed by atoms with E-state index in [0.29, 0.717) is 25.2 Å². The molecular weight excluding hydrogens is 326 g/mol. The Hall–Kier alpha value is -1.72. The Labute approximate surface area is 155 Å². The molecule has 26 heavy (non-hydrogen) atoms. The van der Waals surface area contributed by atoms with Crippen LogP contribution in [0.15, 0.2) is 60.7 Å². The molecule has 4 rings (SSSR count). The first kappa shape index (κ1) is 17.7. The lowest BCUT2D eigenvalue weighted by Crippen LogP contribution is -2.55. The third kappa shape index (κ3) is 3.99. The smallest absolute Gasteiger partial charge is 0.110 e. The lowest BCUT2D eigenvalue weighted by Gasteiger charge is -2.42. The van der Waals surface area contributed by atoms with Gasteiger partial charge in [0.2, 0.25) is 0 Å². The first-order valence-corrected chi connectivity index (χ1v) is 9.54. The van der Waals surface area contributed by atoms with E-state index in [9.17, 15) is 5.11 Å². The summed E-state index contributed by atoms with van der Waals surface area (Å²) >= 11 is 0. The van der Waals surface area contributed by atoms with Crippen molar-refractivity contribution >= 4 is 0 Å². The summed E-state index contributed by atoms with van der Waals surface area (Å²) in [5.41, 5.74) is 2.27. The van der Waals surface area contributed by atoms with Crippen LogP contribution in [-0.2, 0) is 22.7 Å². The van der Waals surface area contributed by atoms with Gasteiger partial charge in [0.25, 0.3) is 0 Å². The van der Waals surface area contributed by atoms with Gasteiger partial charge in [0, 0.05) is 12.0 Å². The number of nitrogens with one attached hydrogen (secondary N) is 1. The van der Waals surface area contributed by atoms with Crippen LogP contribution in [0.2, 0.25) is 0 Å². The van der Waals surface area contributed by atoms with Crippen molar-refractivity contribution in [3.63, 3.8) is 0 Å². The highest BCUT2D eigenvalue weighted by Gasteiger charge is 2.47. The first-order chi connectivity index (χ1) is 12.8. The highest BCUT2D eigenvalue weighted by molar-refractivity contribution is 5.15. The van der Waals surface area contributed by atoms with Crippen molar-refractivity contribution in [3.05, 3.63) is 71.8 Å². The van der Waals surface area contributed by atoms with Gasteiger partial charge in [-0.25, -0.2) is 0 Å². The monoisotopic (exact) mass is 353 g/mol. The molecule has 0 amide bonds. The molecule has 2 aromatic carbocycles. The molecule has 1 aliphatic heterocycles. The van der Waals surface area contributed by atoms with Crippen molar-refractivity contribution < 1.29 is 14.6 Å². The molecular formula is C22H27NO3. The Balaban J connectivity index is 1.46. The second-order valence-corrected chi connectivity index (χ2v) is 7.34. The van der Waals surface area contributed by atoms with Crippen LogP contribution < -0.4 is 5.32 Å². The molecule has 1 saturated carbocycles. The summed E-state index contributed by atoms with van der Waals surface area (Å²) < 4.78 is 12.5. The highest BCUT2D eigenvalue weighted by Crippen LogP contribution is 2.36. The summed E-state index contributed by atoms with van der Waals surface area (Å²) in [6.45, 7) is 2.03. The minimum Gasteiger partial charge on any atom is -0.390 e. The number of fused-ring (bicyclic) bond motifs is 1. The fraction of sp³-hybridized carbons (Fsp3) is 0.455. The lowest BCUT2D eigenvalue weighted by atomic mass is 9.79. The zero-order valence-corrected chi connectivity index (χ0v) is 15.0. The number of aliphatic hydroxyl groups excluding tert-OH is 1. The number of benzene rings is 2. The average molecular weight is 353 g/mol. The maximum atomic E-state index is 10.7. The predicted molar refractivity (Wildman–Crippen MR) is 101 cm³/mol. The van der Waals surface area contributed by atoms with Gasteiger partial charge in [0.05, 0.1) is 25.4 Å². The quantitative estimate of drug-likeness (QED) is 0.838. The van der Waals surface area contributed by atoms with E-state index < -0.39 is 6.10 Å². The van der Waals surface area contributed by atoms with Crippen molar-refractivity contribution in [2.24, 2.45) is 5.92 Å². The van der Waals surface area contributed by atoms with E-state index in [1.165, 1.54) is 0 Å². The fourth-order valence-electron chi connectivity index (χ4n) is 4.25. The second-order valence-electron chi connectivity index (χ2n) is 7.34. The van der Waals surface area contributed by atoms with E-state index in [2.05, 4.69) is 29.6 Å². The molecule has 2 aromatic rings. The van der Waals surface area contributed by atoms with Crippen LogP contribution in [0.1, 0.15) is 24.0 Å². The molecule has 4 nitrogen and oxygen atoms in total. The maximum absolute atomic E-state index is 10.7. The van der Waals surface area contributed by atoms with Crippen LogP contribution in [-0.4, -0.2) is 36.0 Å². The molecule has 0 radical (unpaired) electrons. The van der Waals surface area contributed by atoms with Gasteiger partial charge >= 0.3 is 0 Å². The van der Waals surface area contributed by atoms with Crippen LogP contribution in [0.5, 0.6) is 0 Å². The summed E-state index contributed by atoms with van der Waals surface area (Å²) in [5, 5.41) is 14.2. The largest absolute Gasteiger partial charge is 0.390 e. The minimum atomic E-state index is -0.508. The second kappa shape index (κ2) is 8.31. The Morgan fingerprint density at radius 1 is 0.846 bits per heavy atom. The molecule has 1 heterocycles. The zero-order valence-electron chi connectivity index (χ0n) is 15.0. The summed E-state index contributed by atoms with van der Waals surface area (Å²) in [4.78, 5) is 0. The predicted octanol–water partition coefficient (Wildman–Crippen LogP) is 2.90. The van der Waals surface area contributed by atoms with E-state index in [1.54, 1.807) is 0 Å². The van der Waals surface area contributed by atoms with Gasteiger partial charge in [-0.05, 0) is 30.5 Å². The molecule has 0 unspecified atom stereocenters. The minimum absolute atomic E-state index is 0.0948. The first-order valence-electron chi connectivity index (χ1n) is 9.54. The SMILES string of the molecule is O[C@@H]1C[C@@H]2NCC[C@H]2[C@H](OCc2ccccc2)[C@@H]1OCc1ccccc1. The third-order valence-electron chi connectivity index (χ3n) is 5.59. The number of rotatable bonds is 6. The van der Waals surface area contributed by atoms with Crippen LogP contribution >= 0.6 is 0 Å².